The SMILES string of the molecule is CCCCC1C=CC=CC1(CO)CCCC. The summed E-state index contributed by atoms with van der Waals surface area (Å²) in [5.74, 6) is 0.536. The molecule has 1 rings (SSSR count). The van der Waals surface area contributed by atoms with Crippen molar-refractivity contribution in [2.75, 3.05) is 6.61 Å². The van der Waals surface area contributed by atoms with Gasteiger partial charge in [0.15, 0.2) is 0 Å². The van der Waals surface area contributed by atoms with Crippen LogP contribution in [0.5, 0.6) is 0 Å². The van der Waals surface area contributed by atoms with E-state index >= 15 is 0 Å². The molecule has 0 spiro atoms. The Kier molecular flexibility index (Phi) is 5.83. The molecule has 0 aromatic rings. The van der Waals surface area contributed by atoms with Crippen molar-refractivity contribution in [2.24, 2.45) is 11.3 Å². The second-order valence-corrected chi connectivity index (χ2v) is 4.99. The smallest absolute Gasteiger partial charge is 0.0527 e. The molecule has 1 aliphatic carbocycles. The minimum absolute atomic E-state index is 0.0277. The maximum absolute atomic E-state index is 9.75. The van der Waals surface area contributed by atoms with Crippen LogP contribution in [-0.2, 0) is 0 Å². The fraction of sp³-hybridized carbons (Fsp3) is 0.733. The van der Waals surface area contributed by atoms with Gasteiger partial charge in [-0.15, -0.1) is 0 Å². The van der Waals surface area contributed by atoms with Crippen LogP contribution in [0.2, 0.25) is 0 Å². The number of aliphatic hydroxyl groups excluding tert-OH is 1. The average Bonchev–Trinajstić information content (AvgIpc) is 2.34. The van der Waals surface area contributed by atoms with Crippen LogP contribution in [0.15, 0.2) is 24.3 Å². The predicted octanol–water partition coefficient (Wildman–Crippen LogP) is 4.09. The normalized spacial score (nSPS) is 28.6. The molecule has 1 N–H and O–H groups in total. The van der Waals surface area contributed by atoms with Gasteiger partial charge in [0.2, 0.25) is 0 Å². The number of aliphatic hydroxyl groups is 1. The third-order valence-electron chi connectivity index (χ3n) is 3.78. The van der Waals surface area contributed by atoms with E-state index in [0.29, 0.717) is 12.5 Å². The second-order valence-electron chi connectivity index (χ2n) is 4.99. The summed E-state index contributed by atoms with van der Waals surface area (Å²) in [5.41, 5.74) is 0.0277. The van der Waals surface area contributed by atoms with Crippen molar-refractivity contribution in [3.05, 3.63) is 24.3 Å². The van der Waals surface area contributed by atoms with Gasteiger partial charge in [-0.25, -0.2) is 0 Å². The van der Waals surface area contributed by atoms with Crippen molar-refractivity contribution in [3.63, 3.8) is 0 Å². The van der Waals surface area contributed by atoms with Gasteiger partial charge in [0.05, 0.1) is 6.61 Å². The zero-order chi connectivity index (χ0) is 11.9. The Hall–Kier alpha value is -0.560. The molecule has 0 radical (unpaired) electrons. The van der Waals surface area contributed by atoms with Crippen LogP contribution < -0.4 is 0 Å². The van der Waals surface area contributed by atoms with Crippen LogP contribution >= 0.6 is 0 Å². The lowest BCUT2D eigenvalue weighted by atomic mass is 9.68. The van der Waals surface area contributed by atoms with E-state index in [2.05, 4.69) is 38.2 Å². The van der Waals surface area contributed by atoms with Crippen LogP contribution in [-0.4, -0.2) is 11.7 Å². The Morgan fingerprint density at radius 1 is 1.12 bits per heavy atom. The van der Waals surface area contributed by atoms with E-state index in [9.17, 15) is 5.11 Å². The van der Waals surface area contributed by atoms with Gasteiger partial charge in [0.1, 0.15) is 0 Å². The highest BCUT2D eigenvalue weighted by Crippen LogP contribution is 2.40. The molecule has 0 aliphatic heterocycles. The van der Waals surface area contributed by atoms with E-state index < -0.39 is 0 Å². The van der Waals surface area contributed by atoms with E-state index in [1.165, 1.54) is 32.1 Å². The van der Waals surface area contributed by atoms with E-state index in [-0.39, 0.29) is 5.41 Å². The molecule has 0 heterocycles. The van der Waals surface area contributed by atoms with Gasteiger partial charge in [-0.1, -0.05) is 63.8 Å². The first kappa shape index (κ1) is 13.5. The summed E-state index contributed by atoms with van der Waals surface area (Å²) in [6.45, 7) is 4.74. The lowest BCUT2D eigenvalue weighted by Crippen LogP contribution is -2.32. The molecule has 0 saturated heterocycles. The Labute approximate surface area is 100 Å². The Morgan fingerprint density at radius 2 is 1.88 bits per heavy atom. The summed E-state index contributed by atoms with van der Waals surface area (Å²) in [7, 11) is 0. The van der Waals surface area contributed by atoms with Crippen molar-refractivity contribution < 1.29 is 5.11 Å². The molecule has 0 amide bonds. The van der Waals surface area contributed by atoms with Gasteiger partial charge >= 0.3 is 0 Å². The zero-order valence-electron chi connectivity index (χ0n) is 10.8. The van der Waals surface area contributed by atoms with Crippen molar-refractivity contribution in [1.29, 1.82) is 0 Å². The molecule has 92 valence electrons. The minimum atomic E-state index is 0.0277. The number of hydrogen-bond acceptors (Lipinski definition) is 1. The molecule has 0 fully saturated rings. The molecule has 0 saturated carbocycles. The highest BCUT2D eigenvalue weighted by molar-refractivity contribution is 5.20. The highest BCUT2D eigenvalue weighted by Gasteiger charge is 2.34. The lowest BCUT2D eigenvalue weighted by molar-refractivity contribution is 0.108. The van der Waals surface area contributed by atoms with Crippen LogP contribution in [0.1, 0.15) is 52.4 Å². The largest absolute Gasteiger partial charge is 0.395 e. The fourth-order valence-corrected chi connectivity index (χ4v) is 2.59. The molecular weight excluding hydrogens is 196 g/mol. The van der Waals surface area contributed by atoms with Gasteiger partial charge in [0.25, 0.3) is 0 Å². The fourth-order valence-electron chi connectivity index (χ4n) is 2.59. The van der Waals surface area contributed by atoms with Crippen LogP contribution in [0.3, 0.4) is 0 Å². The van der Waals surface area contributed by atoms with Crippen molar-refractivity contribution >= 4 is 0 Å². The summed E-state index contributed by atoms with van der Waals surface area (Å²) in [6, 6.07) is 0. The second kappa shape index (κ2) is 6.90. The lowest BCUT2D eigenvalue weighted by Gasteiger charge is -2.37. The molecule has 1 nitrogen and oxygen atoms in total. The molecule has 1 heteroatoms. The van der Waals surface area contributed by atoms with Gasteiger partial charge in [0, 0.05) is 5.41 Å². The molecule has 2 atom stereocenters. The maximum Gasteiger partial charge on any atom is 0.0527 e. The first-order valence-electron chi connectivity index (χ1n) is 6.76. The first-order chi connectivity index (χ1) is 7.79. The number of unbranched alkanes of at least 4 members (excludes halogenated alkanes) is 2. The average molecular weight is 222 g/mol. The van der Waals surface area contributed by atoms with E-state index in [4.69, 9.17) is 0 Å². The molecule has 0 aromatic carbocycles. The maximum atomic E-state index is 9.75. The van der Waals surface area contributed by atoms with E-state index in [1.807, 2.05) is 0 Å². The molecule has 0 aromatic heterocycles. The summed E-state index contributed by atoms with van der Waals surface area (Å²) in [5, 5.41) is 9.75. The highest BCUT2D eigenvalue weighted by atomic mass is 16.3. The molecule has 0 bridgehead atoms. The Morgan fingerprint density at radius 3 is 2.50 bits per heavy atom. The number of rotatable bonds is 7. The Bertz CT molecular complexity index is 242. The minimum Gasteiger partial charge on any atom is -0.395 e. The van der Waals surface area contributed by atoms with Crippen LogP contribution in [0.25, 0.3) is 0 Å². The first-order valence-corrected chi connectivity index (χ1v) is 6.76. The third kappa shape index (κ3) is 3.21. The van der Waals surface area contributed by atoms with Crippen molar-refractivity contribution in [3.8, 4) is 0 Å². The van der Waals surface area contributed by atoms with E-state index in [1.54, 1.807) is 0 Å². The van der Waals surface area contributed by atoms with Gasteiger partial charge in [-0.3, -0.25) is 0 Å². The summed E-state index contributed by atoms with van der Waals surface area (Å²) < 4.78 is 0. The summed E-state index contributed by atoms with van der Waals surface area (Å²) in [4.78, 5) is 0. The third-order valence-corrected chi connectivity index (χ3v) is 3.78. The predicted molar refractivity (Wildman–Crippen MR) is 70.3 cm³/mol. The van der Waals surface area contributed by atoms with Crippen LogP contribution in [0.4, 0.5) is 0 Å². The quantitative estimate of drug-likeness (QED) is 0.688. The van der Waals surface area contributed by atoms with Gasteiger partial charge in [-0.05, 0) is 18.8 Å². The van der Waals surface area contributed by atoms with Crippen molar-refractivity contribution in [1.82, 2.24) is 0 Å². The number of allylic oxidation sites excluding steroid dienone is 3. The topological polar surface area (TPSA) is 20.2 Å². The Balaban J connectivity index is 2.68. The van der Waals surface area contributed by atoms with Crippen molar-refractivity contribution in [2.45, 2.75) is 52.4 Å². The number of hydrogen-bond donors (Lipinski definition) is 1. The van der Waals surface area contributed by atoms with Gasteiger partial charge in [-0.2, -0.15) is 0 Å². The standard InChI is InChI=1S/C15H26O/c1-3-5-9-14-10-7-8-12-15(14,13-16)11-6-4-2/h7-8,10,12,14,16H,3-6,9,11,13H2,1-2H3. The summed E-state index contributed by atoms with van der Waals surface area (Å²) in [6.07, 6.45) is 16.0. The van der Waals surface area contributed by atoms with Gasteiger partial charge < -0.3 is 5.11 Å². The summed E-state index contributed by atoms with van der Waals surface area (Å²) >= 11 is 0. The molecular formula is C15H26O. The zero-order valence-corrected chi connectivity index (χ0v) is 10.8. The monoisotopic (exact) mass is 222 g/mol. The van der Waals surface area contributed by atoms with E-state index in [0.717, 1.165) is 6.42 Å². The van der Waals surface area contributed by atoms with Crippen LogP contribution in [0, 0.1) is 11.3 Å². The molecule has 16 heavy (non-hydrogen) atoms. The molecule has 1 aliphatic rings. The molecule has 2 unspecified atom stereocenters.